The van der Waals surface area contributed by atoms with E-state index in [-0.39, 0.29) is 17.6 Å². The van der Waals surface area contributed by atoms with Crippen LogP contribution in [-0.4, -0.2) is 34.1 Å². The molecule has 0 bridgehead atoms. The van der Waals surface area contributed by atoms with Crippen LogP contribution in [0.4, 0.5) is 5.69 Å². The summed E-state index contributed by atoms with van der Waals surface area (Å²) in [5.41, 5.74) is 3.95. The molecule has 1 N–H and O–H groups in total. The fourth-order valence-electron chi connectivity index (χ4n) is 3.06. The molecule has 4 nitrogen and oxygen atoms in total. The van der Waals surface area contributed by atoms with Gasteiger partial charge in [0.1, 0.15) is 5.66 Å². The van der Waals surface area contributed by atoms with Gasteiger partial charge in [0, 0.05) is 6.54 Å². The lowest BCUT2D eigenvalue weighted by molar-refractivity contribution is -0.130. The van der Waals surface area contributed by atoms with E-state index in [1.165, 1.54) is 0 Å². The van der Waals surface area contributed by atoms with Gasteiger partial charge in [0.05, 0.1) is 11.7 Å². The molecule has 1 aromatic rings. The second-order valence-electron chi connectivity index (χ2n) is 5.50. The zero-order valence-corrected chi connectivity index (χ0v) is 10.9. The van der Waals surface area contributed by atoms with Crippen molar-refractivity contribution in [3.8, 4) is 0 Å². The largest absolute Gasteiger partial charge is 0.294 e. The molecule has 1 atom stereocenters. The number of carbonyl (C=O) groups excluding carboxylic acids is 1. The smallest absolute Gasteiger partial charge is 0.260 e. The van der Waals surface area contributed by atoms with Crippen LogP contribution in [0.3, 0.4) is 0 Å². The average molecular weight is 245 g/mol. The van der Waals surface area contributed by atoms with Gasteiger partial charge < -0.3 is 0 Å². The lowest BCUT2D eigenvalue weighted by Crippen LogP contribution is -2.51. The SMILES string of the molecule is CC1(C)N(Nc2ccccc2)C(=O)C2CCCN21. The summed E-state index contributed by atoms with van der Waals surface area (Å²) >= 11 is 0. The van der Waals surface area contributed by atoms with Gasteiger partial charge in [-0.25, -0.2) is 5.01 Å². The quantitative estimate of drug-likeness (QED) is 0.866. The molecule has 2 aliphatic heterocycles. The van der Waals surface area contributed by atoms with E-state index in [0.29, 0.717) is 0 Å². The maximum absolute atomic E-state index is 12.4. The third-order valence-electron chi connectivity index (χ3n) is 4.02. The Morgan fingerprint density at radius 3 is 2.67 bits per heavy atom. The molecule has 1 unspecified atom stereocenters. The maximum Gasteiger partial charge on any atom is 0.260 e. The van der Waals surface area contributed by atoms with Gasteiger partial charge in [-0.15, -0.1) is 0 Å². The van der Waals surface area contributed by atoms with Crippen LogP contribution in [-0.2, 0) is 4.79 Å². The zero-order chi connectivity index (χ0) is 12.8. The second kappa shape index (κ2) is 3.99. The van der Waals surface area contributed by atoms with E-state index in [4.69, 9.17) is 0 Å². The third-order valence-corrected chi connectivity index (χ3v) is 4.02. The van der Waals surface area contributed by atoms with Gasteiger partial charge in [0.25, 0.3) is 5.91 Å². The minimum absolute atomic E-state index is 0.0659. The van der Waals surface area contributed by atoms with Crippen LogP contribution in [0.1, 0.15) is 26.7 Å². The van der Waals surface area contributed by atoms with Crippen LogP contribution >= 0.6 is 0 Å². The molecule has 0 saturated carbocycles. The van der Waals surface area contributed by atoms with Crippen molar-refractivity contribution in [1.29, 1.82) is 0 Å². The molecule has 2 heterocycles. The van der Waals surface area contributed by atoms with E-state index in [1.807, 2.05) is 30.3 Å². The average Bonchev–Trinajstić information content (AvgIpc) is 2.91. The van der Waals surface area contributed by atoms with E-state index in [0.717, 1.165) is 25.1 Å². The van der Waals surface area contributed by atoms with E-state index >= 15 is 0 Å². The van der Waals surface area contributed by atoms with Crippen LogP contribution in [0, 0.1) is 0 Å². The highest BCUT2D eigenvalue weighted by Crippen LogP contribution is 2.37. The zero-order valence-electron chi connectivity index (χ0n) is 10.9. The van der Waals surface area contributed by atoms with Crippen molar-refractivity contribution in [2.75, 3.05) is 12.0 Å². The number of nitrogens with one attached hydrogen (secondary N) is 1. The van der Waals surface area contributed by atoms with Crippen LogP contribution < -0.4 is 5.43 Å². The summed E-state index contributed by atoms with van der Waals surface area (Å²) in [6.07, 6.45) is 2.11. The highest BCUT2D eigenvalue weighted by Gasteiger charge is 2.53. The Morgan fingerprint density at radius 1 is 1.28 bits per heavy atom. The summed E-state index contributed by atoms with van der Waals surface area (Å²) in [5.74, 6) is 0.196. The minimum Gasteiger partial charge on any atom is -0.294 e. The molecule has 0 aliphatic carbocycles. The van der Waals surface area contributed by atoms with Crippen LogP contribution in [0.15, 0.2) is 30.3 Å². The Morgan fingerprint density at radius 2 is 2.00 bits per heavy atom. The molecule has 0 spiro atoms. The first kappa shape index (κ1) is 11.5. The first-order valence-corrected chi connectivity index (χ1v) is 6.53. The van der Waals surface area contributed by atoms with E-state index in [2.05, 4.69) is 24.2 Å². The molecule has 1 aromatic carbocycles. The lowest BCUT2D eigenvalue weighted by Gasteiger charge is -2.37. The topological polar surface area (TPSA) is 35.6 Å². The molecule has 96 valence electrons. The maximum atomic E-state index is 12.4. The number of benzene rings is 1. The summed E-state index contributed by atoms with van der Waals surface area (Å²) < 4.78 is 0. The molecule has 2 saturated heterocycles. The summed E-state index contributed by atoms with van der Waals surface area (Å²) in [5, 5.41) is 1.78. The van der Waals surface area contributed by atoms with Crippen molar-refractivity contribution in [3.63, 3.8) is 0 Å². The number of nitrogens with zero attached hydrogens (tertiary/aromatic N) is 2. The van der Waals surface area contributed by atoms with Gasteiger partial charge in [-0.3, -0.25) is 15.1 Å². The molecular formula is C14H19N3O. The van der Waals surface area contributed by atoms with Gasteiger partial charge in [-0.1, -0.05) is 18.2 Å². The summed E-state index contributed by atoms with van der Waals surface area (Å²) in [6.45, 7) is 5.22. The predicted octanol–water partition coefficient (Wildman–Crippen LogP) is 2.06. The molecule has 2 fully saturated rings. The number of amides is 1. The van der Waals surface area contributed by atoms with E-state index in [1.54, 1.807) is 5.01 Å². The Bertz CT molecular complexity index is 457. The summed E-state index contributed by atoms with van der Waals surface area (Å²) in [7, 11) is 0. The molecule has 1 amide bonds. The predicted molar refractivity (Wildman–Crippen MR) is 70.7 cm³/mol. The number of hydrogen-bond donors (Lipinski definition) is 1. The van der Waals surface area contributed by atoms with Gasteiger partial charge >= 0.3 is 0 Å². The molecule has 4 heteroatoms. The van der Waals surface area contributed by atoms with E-state index in [9.17, 15) is 4.79 Å². The van der Waals surface area contributed by atoms with Gasteiger partial charge in [-0.05, 0) is 38.8 Å². The Labute approximate surface area is 108 Å². The normalized spacial score (nSPS) is 26.4. The third kappa shape index (κ3) is 1.60. The summed E-state index contributed by atoms with van der Waals surface area (Å²) in [4.78, 5) is 14.7. The fraction of sp³-hybridized carbons (Fsp3) is 0.500. The highest BCUT2D eigenvalue weighted by atomic mass is 16.2. The van der Waals surface area contributed by atoms with Crippen molar-refractivity contribution in [1.82, 2.24) is 9.91 Å². The number of fused-ring (bicyclic) bond motifs is 1. The Balaban J connectivity index is 1.86. The van der Waals surface area contributed by atoms with Crippen molar-refractivity contribution >= 4 is 11.6 Å². The van der Waals surface area contributed by atoms with Gasteiger partial charge in [0.2, 0.25) is 0 Å². The number of para-hydroxylation sites is 1. The Kier molecular flexibility index (Phi) is 2.55. The second-order valence-corrected chi connectivity index (χ2v) is 5.50. The van der Waals surface area contributed by atoms with Crippen molar-refractivity contribution in [3.05, 3.63) is 30.3 Å². The molecule has 2 aliphatic rings. The van der Waals surface area contributed by atoms with E-state index < -0.39 is 0 Å². The molecular weight excluding hydrogens is 226 g/mol. The van der Waals surface area contributed by atoms with Crippen molar-refractivity contribution < 1.29 is 4.79 Å². The standard InChI is InChI=1S/C14H19N3O/c1-14(2)16-10-6-9-12(16)13(18)17(14)15-11-7-4-3-5-8-11/h3-5,7-8,12,15H,6,9-10H2,1-2H3. The summed E-state index contributed by atoms with van der Waals surface area (Å²) in [6, 6.07) is 9.93. The highest BCUT2D eigenvalue weighted by molar-refractivity contribution is 5.86. The van der Waals surface area contributed by atoms with Gasteiger partial charge in [0.15, 0.2) is 0 Å². The minimum atomic E-state index is -0.256. The molecule has 3 rings (SSSR count). The van der Waals surface area contributed by atoms with Crippen molar-refractivity contribution in [2.24, 2.45) is 0 Å². The Hall–Kier alpha value is -1.55. The first-order chi connectivity index (χ1) is 8.60. The number of anilines is 1. The monoisotopic (exact) mass is 245 g/mol. The van der Waals surface area contributed by atoms with Gasteiger partial charge in [-0.2, -0.15) is 0 Å². The number of hydrogen-bond acceptors (Lipinski definition) is 3. The van der Waals surface area contributed by atoms with Crippen LogP contribution in [0.25, 0.3) is 0 Å². The van der Waals surface area contributed by atoms with Crippen LogP contribution in [0.2, 0.25) is 0 Å². The number of hydrazine groups is 1. The first-order valence-electron chi connectivity index (χ1n) is 6.53. The van der Waals surface area contributed by atoms with Crippen molar-refractivity contribution in [2.45, 2.75) is 38.4 Å². The fourth-order valence-corrected chi connectivity index (χ4v) is 3.06. The molecule has 0 radical (unpaired) electrons. The number of carbonyl (C=O) groups is 1. The lowest BCUT2D eigenvalue weighted by atomic mass is 10.2. The molecule has 0 aromatic heterocycles. The molecule has 18 heavy (non-hydrogen) atoms. The van der Waals surface area contributed by atoms with Crippen LogP contribution in [0.5, 0.6) is 0 Å². The number of rotatable bonds is 2.